The van der Waals surface area contributed by atoms with Crippen LogP contribution in [-0.4, -0.2) is 10.1 Å². The molecule has 1 heterocycles. The van der Waals surface area contributed by atoms with Gasteiger partial charge >= 0.3 is 0 Å². The van der Waals surface area contributed by atoms with Gasteiger partial charge in [-0.3, -0.25) is 0 Å². The lowest BCUT2D eigenvalue weighted by Gasteiger charge is -1.90. The van der Waals surface area contributed by atoms with Gasteiger partial charge in [0, 0.05) is 10.9 Å². The Bertz CT molecular complexity index is 436. The van der Waals surface area contributed by atoms with E-state index < -0.39 is 6.43 Å². The van der Waals surface area contributed by atoms with Crippen molar-refractivity contribution < 1.29 is 13.9 Å². The summed E-state index contributed by atoms with van der Waals surface area (Å²) in [6.45, 7) is 0. The third-order valence-corrected chi connectivity index (χ3v) is 1.86. The molecule has 0 unspecified atom stereocenters. The zero-order valence-corrected chi connectivity index (χ0v) is 6.59. The normalized spacial score (nSPS) is 11.3. The Kier molecular flexibility index (Phi) is 1.69. The Labute approximate surface area is 72.8 Å². The second kappa shape index (κ2) is 2.73. The molecule has 4 heteroatoms. The van der Waals surface area contributed by atoms with Crippen LogP contribution in [0.5, 0.6) is 5.75 Å². The lowest BCUT2D eigenvalue weighted by Crippen LogP contribution is -1.80. The van der Waals surface area contributed by atoms with Gasteiger partial charge in [0.25, 0.3) is 6.43 Å². The summed E-state index contributed by atoms with van der Waals surface area (Å²) in [5, 5.41) is 9.67. The van der Waals surface area contributed by atoms with Crippen molar-refractivity contribution >= 4 is 10.9 Å². The molecule has 0 radical (unpaired) electrons. The first kappa shape index (κ1) is 8.04. The van der Waals surface area contributed by atoms with E-state index in [-0.39, 0.29) is 11.4 Å². The van der Waals surface area contributed by atoms with Crippen LogP contribution in [0.2, 0.25) is 0 Å². The molecule has 0 saturated carbocycles. The van der Waals surface area contributed by atoms with E-state index >= 15 is 0 Å². The average molecular weight is 183 g/mol. The molecule has 68 valence electrons. The molecular formula is C9H7F2NO. The van der Waals surface area contributed by atoms with E-state index in [9.17, 15) is 8.78 Å². The topological polar surface area (TPSA) is 36.0 Å². The highest BCUT2D eigenvalue weighted by atomic mass is 19.3. The highest BCUT2D eigenvalue weighted by Crippen LogP contribution is 2.25. The fourth-order valence-corrected chi connectivity index (χ4v) is 1.26. The molecule has 2 aromatic rings. The van der Waals surface area contributed by atoms with Gasteiger partial charge in [0.1, 0.15) is 5.75 Å². The predicted octanol–water partition coefficient (Wildman–Crippen LogP) is 2.81. The van der Waals surface area contributed by atoms with E-state index in [1.54, 1.807) is 6.07 Å². The number of phenolic OH excluding ortho intramolecular Hbond substituents is 1. The van der Waals surface area contributed by atoms with Gasteiger partial charge in [-0.05, 0) is 24.3 Å². The number of aromatic nitrogens is 1. The van der Waals surface area contributed by atoms with Crippen molar-refractivity contribution in [3.63, 3.8) is 0 Å². The third-order valence-electron chi connectivity index (χ3n) is 1.86. The van der Waals surface area contributed by atoms with E-state index in [0.717, 1.165) is 0 Å². The van der Waals surface area contributed by atoms with Crippen LogP contribution in [0.3, 0.4) is 0 Å². The van der Waals surface area contributed by atoms with Gasteiger partial charge in [0.15, 0.2) is 0 Å². The van der Waals surface area contributed by atoms with Crippen LogP contribution in [0.1, 0.15) is 12.1 Å². The number of fused-ring (bicyclic) bond motifs is 1. The largest absolute Gasteiger partial charge is 0.508 e. The highest BCUT2D eigenvalue weighted by Gasteiger charge is 2.10. The van der Waals surface area contributed by atoms with Crippen molar-refractivity contribution in [3.8, 4) is 5.75 Å². The number of rotatable bonds is 1. The monoisotopic (exact) mass is 183 g/mol. The fourth-order valence-electron chi connectivity index (χ4n) is 1.26. The van der Waals surface area contributed by atoms with Crippen molar-refractivity contribution in [2.75, 3.05) is 0 Å². The standard InChI is InChI=1S/C9H7F2NO/c10-9(11)8-4-5-3-6(13)1-2-7(5)12-8/h1-4,9,12-13H. The van der Waals surface area contributed by atoms with Gasteiger partial charge in [-0.1, -0.05) is 0 Å². The molecule has 0 spiro atoms. The van der Waals surface area contributed by atoms with E-state index in [1.807, 2.05) is 0 Å². The van der Waals surface area contributed by atoms with Crippen molar-refractivity contribution in [3.05, 3.63) is 30.0 Å². The van der Waals surface area contributed by atoms with Gasteiger partial charge in [-0.15, -0.1) is 0 Å². The first-order valence-corrected chi connectivity index (χ1v) is 3.76. The summed E-state index contributed by atoms with van der Waals surface area (Å²) in [4.78, 5) is 2.56. The molecule has 0 saturated heterocycles. The van der Waals surface area contributed by atoms with Gasteiger partial charge in [0.05, 0.1) is 5.69 Å². The predicted molar refractivity (Wildman–Crippen MR) is 44.9 cm³/mol. The molecule has 1 aromatic carbocycles. The van der Waals surface area contributed by atoms with Crippen LogP contribution in [0.4, 0.5) is 8.78 Å². The first-order chi connectivity index (χ1) is 6.16. The first-order valence-electron chi connectivity index (χ1n) is 3.76. The highest BCUT2D eigenvalue weighted by molar-refractivity contribution is 5.81. The molecule has 0 aliphatic heterocycles. The van der Waals surface area contributed by atoms with E-state index in [4.69, 9.17) is 5.11 Å². The number of phenols is 1. The summed E-state index contributed by atoms with van der Waals surface area (Å²) in [6.07, 6.45) is -2.51. The van der Waals surface area contributed by atoms with E-state index in [0.29, 0.717) is 10.9 Å². The van der Waals surface area contributed by atoms with Crippen molar-refractivity contribution in [1.82, 2.24) is 4.98 Å². The Hall–Kier alpha value is -1.58. The van der Waals surface area contributed by atoms with Gasteiger partial charge < -0.3 is 10.1 Å². The molecule has 2 rings (SSSR count). The minimum Gasteiger partial charge on any atom is -0.508 e. The van der Waals surface area contributed by atoms with Crippen molar-refractivity contribution in [1.29, 1.82) is 0 Å². The number of aromatic hydroxyl groups is 1. The Balaban J connectivity index is 2.62. The molecule has 0 bridgehead atoms. The minimum absolute atomic E-state index is 0.0762. The fraction of sp³-hybridized carbons (Fsp3) is 0.111. The molecule has 0 aliphatic carbocycles. The van der Waals surface area contributed by atoms with Gasteiger partial charge in [0.2, 0.25) is 0 Å². The molecule has 0 fully saturated rings. The second-order valence-electron chi connectivity index (χ2n) is 2.80. The lowest BCUT2D eigenvalue weighted by atomic mass is 10.2. The molecule has 0 amide bonds. The lowest BCUT2D eigenvalue weighted by molar-refractivity contribution is 0.147. The van der Waals surface area contributed by atoms with Crippen LogP contribution >= 0.6 is 0 Å². The van der Waals surface area contributed by atoms with Crippen LogP contribution < -0.4 is 0 Å². The number of nitrogens with one attached hydrogen (secondary N) is 1. The summed E-state index contributed by atoms with van der Waals surface area (Å²) in [5.41, 5.74) is 0.480. The molecule has 13 heavy (non-hydrogen) atoms. The van der Waals surface area contributed by atoms with Crippen LogP contribution in [0.15, 0.2) is 24.3 Å². The number of H-pyrrole nitrogens is 1. The summed E-state index contributed by atoms with van der Waals surface area (Å²) in [6, 6.07) is 5.79. The number of halogens is 2. The molecule has 0 atom stereocenters. The SMILES string of the molecule is Oc1ccc2[nH]c(C(F)F)cc2c1. The van der Waals surface area contributed by atoms with E-state index in [2.05, 4.69) is 4.98 Å². The molecule has 0 aliphatic rings. The summed E-state index contributed by atoms with van der Waals surface area (Å²) >= 11 is 0. The molecule has 2 N–H and O–H groups in total. The molecule has 1 aromatic heterocycles. The second-order valence-corrected chi connectivity index (χ2v) is 2.80. The number of alkyl halides is 2. The summed E-state index contributed by atoms with van der Waals surface area (Å²) in [5.74, 6) is 0.0762. The summed E-state index contributed by atoms with van der Waals surface area (Å²) < 4.78 is 24.4. The zero-order chi connectivity index (χ0) is 9.42. The van der Waals surface area contributed by atoms with Crippen molar-refractivity contribution in [2.45, 2.75) is 6.43 Å². The Morgan fingerprint density at radius 3 is 2.69 bits per heavy atom. The van der Waals surface area contributed by atoms with Crippen LogP contribution in [0.25, 0.3) is 10.9 Å². The quantitative estimate of drug-likeness (QED) is 0.700. The smallest absolute Gasteiger partial charge is 0.278 e. The summed E-state index contributed by atoms with van der Waals surface area (Å²) in [7, 11) is 0. The Morgan fingerprint density at radius 1 is 1.23 bits per heavy atom. The zero-order valence-electron chi connectivity index (χ0n) is 6.59. The van der Waals surface area contributed by atoms with Gasteiger partial charge in [-0.2, -0.15) is 0 Å². The minimum atomic E-state index is -2.51. The third kappa shape index (κ3) is 1.35. The number of hydrogen-bond acceptors (Lipinski definition) is 1. The molecule has 2 nitrogen and oxygen atoms in total. The average Bonchev–Trinajstić information content (AvgIpc) is 2.46. The molecular weight excluding hydrogens is 176 g/mol. The Morgan fingerprint density at radius 2 is 2.00 bits per heavy atom. The maximum Gasteiger partial charge on any atom is 0.278 e. The van der Waals surface area contributed by atoms with Crippen LogP contribution in [0, 0.1) is 0 Å². The van der Waals surface area contributed by atoms with Gasteiger partial charge in [-0.25, -0.2) is 8.78 Å². The number of aromatic amines is 1. The number of hydrogen-bond donors (Lipinski definition) is 2. The van der Waals surface area contributed by atoms with Crippen molar-refractivity contribution in [2.24, 2.45) is 0 Å². The number of benzene rings is 1. The van der Waals surface area contributed by atoms with Crippen LogP contribution in [-0.2, 0) is 0 Å². The maximum atomic E-state index is 12.2. The maximum absolute atomic E-state index is 12.2. The van der Waals surface area contributed by atoms with E-state index in [1.165, 1.54) is 18.2 Å².